The molecule has 0 aromatic carbocycles. The number of ether oxygens (including phenoxy) is 1. The third kappa shape index (κ3) is 3.33. The van der Waals surface area contributed by atoms with E-state index in [2.05, 4.69) is 20.8 Å². The standard InChI is InChI=1S/C15H24ClNOS/c1-4-18-15(9-7-14(2,3)8-10-15)13(17)11-5-6-12(16)19-11/h5-6,13H,4,7-10,17H2,1-3H3. The molecule has 2 nitrogen and oxygen atoms in total. The van der Waals surface area contributed by atoms with E-state index in [0.29, 0.717) is 12.0 Å². The van der Waals surface area contributed by atoms with Crippen molar-refractivity contribution in [2.75, 3.05) is 6.61 Å². The third-order valence-electron chi connectivity index (χ3n) is 4.35. The van der Waals surface area contributed by atoms with Crippen molar-refractivity contribution in [1.82, 2.24) is 0 Å². The van der Waals surface area contributed by atoms with Gasteiger partial charge in [-0.25, -0.2) is 0 Å². The molecule has 19 heavy (non-hydrogen) atoms. The van der Waals surface area contributed by atoms with Gasteiger partial charge in [-0.1, -0.05) is 25.4 Å². The molecular weight excluding hydrogens is 278 g/mol. The van der Waals surface area contributed by atoms with Gasteiger partial charge in [-0.05, 0) is 50.2 Å². The summed E-state index contributed by atoms with van der Waals surface area (Å²) in [7, 11) is 0. The van der Waals surface area contributed by atoms with Crippen LogP contribution in [0, 0.1) is 5.41 Å². The zero-order chi connectivity index (χ0) is 14.1. The predicted molar refractivity (Wildman–Crippen MR) is 82.9 cm³/mol. The molecule has 0 aliphatic heterocycles. The van der Waals surface area contributed by atoms with Gasteiger partial charge in [-0.15, -0.1) is 11.3 Å². The Bertz CT molecular complexity index is 420. The highest BCUT2D eigenvalue weighted by atomic mass is 35.5. The summed E-state index contributed by atoms with van der Waals surface area (Å²) < 4.78 is 6.93. The summed E-state index contributed by atoms with van der Waals surface area (Å²) in [5, 5.41) is 0. The topological polar surface area (TPSA) is 35.2 Å². The molecule has 0 bridgehead atoms. The highest BCUT2D eigenvalue weighted by Crippen LogP contribution is 2.47. The van der Waals surface area contributed by atoms with Gasteiger partial charge >= 0.3 is 0 Å². The molecule has 0 spiro atoms. The molecule has 108 valence electrons. The fourth-order valence-electron chi connectivity index (χ4n) is 2.94. The molecule has 1 aromatic rings. The Morgan fingerprint density at radius 2 is 1.95 bits per heavy atom. The van der Waals surface area contributed by atoms with Gasteiger partial charge in [0.25, 0.3) is 0 Å². The Morgan fingerprint density at radius 3 is 2.42 bits per heavy atom. The number of nitrogens with two attached hydrogens (primary N) is 1. The van der Waals surface area contributed by atoms with E-state index < -0.39 is 0 Å². The molecule has 2 rings (SSSR count). The zero-order valence-electron chi connectivity index (χ0n) is 12.0. The second-order valence-electron chi connectivity index (χ2n) is 6.28. The van der Waals surface area contributed by atoms with Gasteiger partial charge in [-0.2, -0.15) is 0 Å². The average Bonchev–Trinajstić information content (AvgIpc) is 2.78. The van der Waals surface area contributed by atoms with Crippen LogP contribution in [-0.2, 0) is 4.74 Å². The molecule has 2 N–H and O–H groups in total. The summed E-state index contributed by atoms with van der Waals surface area (Å²) in [5.74, 6) is 0. The summed E-state index contributed by atoms with van der Waals surface area (Å²) in [6, 6.07) is 3.90. The lowest BCUT2D eigenvalue weighted by Crippen LogP contribution is -2.47. The molecule has 1 heterocycles. The minimum atomic E-state index is -0.210. The lowest BCUT2D eigenvalue weighted by atomic mass is 9.68. The summed E-state index contributed by atoms with van der Waals surface area (Å²) in [6.45, 7) is 7.43. The minimum absolute atomic E-state index is 0.0685. The van der Waals surface area contributed by atoms with Crippen LogP contribution in [0.25, 0.3) is 0 Å². The Kier molecular flexibility index (Phi) is 4.61. The normalized spacial score (nSPS) is 23.2. The van der Waals surface area contributed by atoms with E-state index in [-0.39, 0.29) is 11.6 Å². The highest BCUT2D eigenvalue weighted by molar-refractivity contribution is 7.16. The molecule has 1 saturated carbocycles. The van der Waals surface area contributed by atoms with Crippen LogP contribution in [0.4, 0.5) is 0 Å². The minimum Gasteiger partial charge on any atom is -0.373 e. The smallest absolute Gasteiger partial charge is 0.0931 e. The Hall–Kier alpha value is -0.0900. The zero-order valence-corrected chi connectivity index (χ0v) is 13.6. The summed E-state index contributed by atoms with van der Waals surface area (Å²) in [4.78, 5) is 1.14. The predicted octanol–water partition coefficient (Wildman–Crippen LogP) is 4.78. The van der Waals surface area contributed by atoms with Crippen LogP contribution >= 0.6 is 22.9 Å². The fraction of sp³-hybridized carbons (Fsp3) is 0.733. The van der Waals surface area contributed by atoms with Crippen LogP contribution < -0.4 is 5.73 Å². The molecule has 1 fully saturated rings. The summed E-state index contributed by atoms with van der Waals surface area (Å²) in [5.41, 5.74) is 6.72. The summed E-state index contributed by atoms with van der Waals surface area (Å²) in [6.07, 6.45) is 4.40. The third-order valence-corrected chi connectivity index (χ3v) is 5.66. The molecule has 0 amide bonds. The first kappa shape index (κ1) is 15.3. The van der Waals surface area contributed by atoms with E-state index in [1.165, 1.54) is 12.8 Å². The van der Waals surface area contributed by atoms with Crippen LogP contribution in [0.3, 0.4) is 0 Å². The van der Waals surface area contributed by atoms with E-state index in [1.807, 2.05) is 12.1 Å². The lowest BCUT2D eigenvalue weighted by Gasteiger charge is -2.46. The molecular formula is C15H24ClNOS. The van der Waals surface area contributed by atoms with Crippen LogP contribution in [-0.4, -0.2) is 12.2 Å². The number of rotatable bonds is 4. The van der Waals surface area contributed by atoms with Crippen LogP contribution in [0.5, 0.6) is 0 Å². The second-order valence-corrected chi connectivity index (χ2v) is 8.03. The average molecular weight is 302 g/mol. The monoisotopic (exact) mass is 301 g/mol. The number of halogens is 1. The molecule has 0 saturated heterocycles. The van der Waals surface area contributed by atoms with Crippen LogP contribution in [0.1, 0.15) is 57.4 Å². The van der Waals surface area contributed by atoms with Gasteiger partial charge in [-0.3, -0.25) is 0 Å². The van der Waals surface area contributed by atoms with Crippen molar-refractivity contribution in [3.8, 4) is 0 Å². The maximum absolute atomic E-state index is 6.52. The molecule has 0 radical (unpaired) electrons. The van der Waals surface area contributed by atoms with Crippen molar-refractivity contribution < 1.29 is 4.74 Å². The maximum atomic E-state index is 6.52. The first-order chi connectivity index (χ1) is 8.88. The lowest BCUT2D eigenvalue weighted by molar-refractivity contribution is -0.0994. The van der Waals surface area contributed by atoms with Gasteiger partial charge in [0.05, 0.1) is 16.0 Å². The number of thiophene rings is 1. The molecule has 1 aromatic heterocycles. The first-order valence-corrected chi connectivity index (χ1v) is 8.23. The quantitative estimate of drug-likeness (QED) is 0.869. The van der Waals surface area contributed by atoms with Gasteiger partial charge in [0.1, 0.15) is 0 Å². The molecule has 4 heteroatoms. The van der Waals surface area contributed by atoms with E-state index in [9.17, 15) is 0 Å². The Morgan fingerprint density at radius 1 is 1.32 bits per heavy atom. The van der Waals surface area contributed by atoms with Gasteiger partial charge < -0.3 is 10.5 Å². The van der Waals surface area contributed by atoms with Gasteiger partial charge in [0, 0.05) is 11.5 Å². The van der Waals surface area contributed by atoms with Gasteiger partial charge in [0.15, 0.2) is 0 Å². The Balaban J connectivity index is 2.20. The number of hydrogen-bond acceptors (Lipinski definition) is 3. The Labute approximate surface area is 125 Å². The van der Waals surface area contributed by atoms with Crippen molar-refractivity contribution in [2.24, 2.45) is 11.1 Å². The van der Waals surface area contributed by atoms with Crippen molar-refractivity contribution in [1.29, 1.82) is 0 Å². The van der Waals surface area contributed by atoms with Crippen molar-refractivity contribution >= 4 is 22.9 Å². The first-order valence-electron chi connectivity index (χ1n) is 7.03. The highest BCUT2D eigenvalue weighted by Gasteiger charge is 2.44. The van der Waals surface area contributed by atoms with E-state index >= 15 is 0 Å². The van der Waals surface area contributed by atoms with Crippen LogP contribution in [0.15, 0.2) is 12.1 Å². The second kappa shape index (κ2) is 5.72. The number of hydrogen-bond donors (Lipinski definition) is 1. The molecule has 1 aliphatic rings. The fourth-order valence-corrected chi connectivity index (χ4v) is 4.11. The van der Waals surface area contributed by atoms with Gasteiger partial charge in [0.2, 0.25) is 0 Å². The van der Waals surface area contributed by atoms with Crippen molar-refractivity contribution in [3.63, 3.8) is 0 Å². The van der Waals surface area contributed by atoms with E-state index in [1.54, 1.807) is 11.3 Å². The van der Waals surface area contributed by atoms with Crippen molar-refractivity contribution in [2.45, 2.75) is 58.1 Å². The molecule has 1 unspecified atom stereocenters. The summed E-state index contributed by atoms with van der Waals surface area (Å²) >= 11 is 7.61. The van der Waals surface area contributed by atoms with Crippen LogP contribution in [0.2, 0.25) is 4.34 Å². The maximum Gasteiger partial charge on any atom is 0.0931 e. The van der Waals surface area contributed by atoms with E-state index in [0.717, 1.165) is 22.1 Å². The van der Waals surface area contributed by atoms with E-state index in [4.69, 9.17) is 22.1 Å². The molecule has 1 atom stereocenters. The SMILES string of the molecule is CCOC1(C(N)c2ccc(Cl)s2)CCC(C)(C)CC1. The molecule has 1 aliphatic carbocycles. The van der Waals surface area contributed by atoms with Crippen molar-refractivity contribution in [3.05, 3.63) is 21.3 Å². The largest absolute Gasteiger partial charge is 0.373 e.